The van der Waals surface area contributed by atoms with Gasteiger partial charge in [0.2, 0.25) is 0 Å². The van der Waals surface area contributed by atoms with Crippen LogP contribution in [0.5, 0.6) is 0 Å². The second-order valence-electron chi connectivity index (χ2n) is 6.34. The molecule has 0 radical (unpaired) electrons. The summed E-state index contributed by atoms with van der Waals surface area (Å²) >= 11 is 0. The average Bonchev–Trinajstić information content (AvgIpc) is 2.35. The molecule has 0 bridgehead atoms. The predicted molar refractivity (Wildman–Crippen MR) is 89.1 cm³/mol. The molecule has 0 saturated carbocycles. The monoisotopic (exact) mass is 312 g/mol. The molecular weight excluding hydrogens is 284 g/mol. The van der Waals surface area contributed by atoms with E-state index in [1.165, 1.54) is 11.8 Å². The van der Waals surface area contributed by atoms with Crippen molar-refractivity contribution in [3.63, 3.8) is 0 Å². The van der Waals surface area contributed by atoms with E-state index in [1.807, 2.05) is 11.9 Å². The first-order valence-corrected chi connectivity index (χ1v) is 9.44. The highest BCUT2D eigenvalue weighted by atomic mass is 32.2. The minimum Gasteiger partial charge on any atom is -0.323 e. The van der Waals surface area contributed by atoms with Crippen molar-refractivity contribution < 1.29 is 8.42 Å². The molecule has 0 spiro atoms. The zero-order valence-electron chi connectivity index (χ0n) is 13.5. The number of nitrogens with two attached hydrogens (primary N) is 1. The van der Waals surface area contributed by atoms with Crippen LogP contribution in [-0.4, -0.2) is 45.5 Å². The van der Waals surface area contributed by atoms with Crippen molar-refractivity contribution in [2.24, 2.45) is 11.7 Å². The summed E-state index contributed by atoms with van der Waals surface area (Å²) < 4.78 is 22.3. The van der Waals surface area contributed by atoms with E-state index in [0.29, 0.717) is 19.0 Å². The molecule has 0 aliphatic rings. The molecule has 0 saturated heterocycles. The van der Waals surface area contributed by atoms with Gasteiger partial charge < -0.3 is 10.6 Å². The maximum atomic E-state index is 11.2. The molecule has 1 atom stereocenters. The van der Waals surface area contributed by atoms with Crippen molar-refractivity contribution in [2.75, 3.05) is 32.1 Å². The summed E-state index contributed by atoms with van der Waals surface area (Å²) in [4.78, 5) is 1.97. The molecule has 5 heteroatoms. The van der Waals surface area contributed by atoms with E-state index >= 15 is 0 Å². The summed E-state index contributed by atoms with van der Waals surface area (Å²) in [6.07, 6.45) is 2.33. The van der Waals surface area contributed by atoms with Crippen molar-refractivity contribution >= 4 is 9.84 Å². The maximum absolute atomic E-state index is 11.2. The quantitative estimate of drug-likeness (QED) is 0.796. The van der Waals surface area contributed by atoms with Gasteiger partial charge in [-0.25, -0.2) is 8.42 Å². The van der Waals surface area contributed by atoms with Gasteiger partial charge in [0.05, 0.1) is 5.75 Å². The number of hydrogen-bond acceptors (Lipinski definition) is 4. The van der Waals surface area contributed by atoms with Gasteiger partial charge in [-0.3, -0.25) is 0 Å². The van der Waals surface area contributed by atoms with E-state index in [1.54, 1.807) is 0 Å². The third kappa shape index (κ3) is 7.60. The summed E-state index contributed by atoms with van der Waals surface area (Å²) in [5, 5.41) is 0. The van der Waals surface area contributed by atoms with Crippen LogP contribution >= 0.6 is 0 Å². The molecule has 1 aromatic rings. The number of likely N-dealkylation sites (N-methyl/N-ethyl adjacent to an activating group) is 1. The number of nitrogens with zero attached hydrogens (tertiary/aromatic N) is 1. The summed E-state index contributed by atoms with van der Waals surface area (Å²) in [7, 11) is -1.02. The first kappa shape index (κ1) is 18.1. The SMILES string of the molecule is CC(C)Cc1ccc(C(N)CN(C)CCS(C)(=O)=O)cc1. The fraction of sp³-hybridized carbons (Fsp3) is 0.625. The van der Waals surface area contributed by atoms with Gasteiger partial charge in [-0.1, -0.05) is 38.1 Å². The number of benzene rings is 1. The van der Waals surface area contributed by atoms with Crippen LogP contribution in [0.15, 0.2) is 24.3 Å². The van der Waals surface area contributed by atoms with Gasteiger partial charge in [0.15, 0.2) is 0 Å². The lowest BCUT2D eigenvalue weighted by Crippen LogP contribution is -2.32. The molecular formula is C16H28N2O2S. The largest absolute Gasteiger partial charge is 0.323 e. The Kier molecular flexibility index (Phi) is 6.84. The molecule has 21 heavy (non-hydrogen) atoms. The number of sulfone groups is 1. The Morgan fingerprint density at radius 3 is 2.24 bits per heavy atom. The van der Waals surface area contributed by atoms with Crippen LogP contribution in [0.25, 0.3) is 0 Å². The van der Waals surface area contributed by atoms with Crippen molar-refractivity contribution in [1.82, 2.24) is 4.90 Å². The highest BCUT2D eigenvalue weighted by Crippen LogP contribution is 2.15. The lowest BCUT2D eigenvalue weighted by molar-refractivity contribution is 0.329. The van der Waals surface area contributed by atoms with E-state index in [2.05, 4.69) is 38.1 Å². The highest BCUT2D eigenvalue weighted by Gasteiger charge is 2.11. The topological polar surface area (TPSA) is 63.4 Å². The molecule has 0 aliphatic heterocycles. The van der Waals surface area contributed by atoms with Gasteiger partial charge in [0.1, 0.15) is 9.84 Å². The molecule has 0 aliphatic carbocycles. The first-order valence-electron chi connectivity index (χ1n) is 7.38. The first-order chi connectivity index (χ1) is 9.67. The van der Waals surface area contributed by atoms with E-state index in [4.69, 9.17) is 5.73 Å². The van der Waals surface area contributed by atoms with Gasteiger partial charge in [0.25, 0.3) is 0 Å². The molecule has 1 aromatic carbocycles. The van der Waals surface area contributed by atoms with Crippen LogP contribution in [0.4, 0.5) is 0 Å². The van der Waals surface area contributed by atoms with Crippen LogP contribution in [0.2, 0.25) is 0 Å². The minimum absolute atomic E-state index is 0.0948. The third-order valence-corrected chi connectivity index (χ3v) is 4.33. The smallest absolute Gasteiger partial charge is 0.148 e. The van der Waals surface area contributed by atoms with E-state index in [0.717, 1.165) is 12.0 Å². The fourth-order valence-corrected chi connectivity index (χ4v) is 2.87. The Hall–Kier alpha value is -0.910. The van der Waals surface area contributed by atoms with Gasteiger partial charge in [0, 0.05) is 25.4 Å². The number of rotatable bonds is 8. The summed E-state index contributed by atoms with van der Waals surface area (Å²) in [5.74, 6) is 0.815. The predicted octanol–water partition coefficient (Wildman–Crippen LogP) is 1.86. The second-order valence-corrected chi connectivity index (χ2v) is 8.60. The zero-order chi connectivity index (χ0) is 16.0. The molecule has 2 N–H and O–H groups in total. The second kappa shape index (κ2) is 7.92. The minimum atomic E-state index is -2.92. The molecule has 0 heterocycles. The van der Waals surface area contributed by atoms with E-state index in [-0.39, 0.29) is 11.8 Å². The lowest BCUT2D eigenvalue weighted by atomic mass is 9.99. The van der Waals surface area contributed by atoms with Crippen LogP contribution < -0.4 is 5.73 Å². The van der Waals surface area contributed by atoms with Crippen LogP contribution in [-0.2, 0) is 16.3 Å². The Bertz CT molecular complexity index is 524. The molecule has 4 nitrogen and oxygen atoms in total. The summed E-state index contributed by atoms with van der Waals surface area (Å²) in [6.45, 7) is 5.57. The fourth-order valence-electron chi connectivity index (χ4n) is 2.23. The Labute approximate surface area is 129 Å². The van der Waals surface area contributed by atoms with Gasteiger partial charge in [-0.2, -0.15) is 0 Å². The molecule has 0 aromatic heterocycles. The molecule has 0 fully saturated rings. The van der Waals surface area contributed by atoms with Crippen molar-refractivity contribution in [2.45, 2.75) is 26.3 Å². The molecule has 0 amide bonds. The summed E-state index contributed by atoms with van der Waals surface area (Å²) in [5.41, 5.74) is 8.61. The molecule has 120 valence electrons. The van der Waals surface area contributed by atoms with Crippen LogP contribution in [0.1, 0.15) is 31.0 Å². The van der Waals surface area contributed by atoms with Crippen molar-refractivity contribution in [3.8, 4) is 0 Å². The Balaban J connectivity index is 2.53. The average molecular weight is 312 g/mol. The maximum Gasteiger partial charge on any atom is 0.148 e. The Morgan fingerprint density at radius 1 is 1.19 bits per heavy atom. The van der Waals surface area contributed by atoms with E-state index in [9.17, 15) is 8.42 Å². The van der Waals surface area contributed by atoms with Crippen LogP contribution in [0.3, 0.4) is 0 Å². The van der Waals surface area contributed by atoms with Crippen molar-refractivity contribution in [3.05, 3.63) is 35.4 Å². The number of hydrogen-bond donors (Lipinski definition) is 1. The molecule has 1 rings (SSSR count). The van der Waals surface area contributed by atoms with Crippen molar-refractivity contribution in [1.29, 1.82) is 0 Å². The van der Waals surface area contributed by atoms with Gasteiger partial charge >= 0.3 is 0 Å². The lowest BCUT2D eigenvalue weighted by Gasteiger charge is -2.21. The normalized spacial score (nSPS) is 13.9. The summed E-state index contributed by atoms with van der Waals surface area (Å²) in [6, 6.07) is 8.32. The highest BCUT2D eigenvalue weighted by molar-refractivity contribution is 7.90. The van der Waals surface area contributed by atoms with Crippen LogP contribution in [0, 0.1) is 5.92 Å². The molecule has 1 unspecified atom stereocenters. The zero-order valence-corrected chi connectivity index (χ0v) is 14.4. The van der Waals surface area contributed by atoms with Gasteiger partial charge in [-0.05, 0) is 30.5 Å². The third-order valence-electron chi connectivity index (χ3n) is 3.40. The Morgan fingerprint density at radius 2 is 1.76 bits per heavy atom. The van der Waals surface area contributed by atoms with E-state index < -0.39 is 9.84 Å². The standard InChI is InChI=1S/C16H28N2O2S/c1-13(2)11-14-5-7-15(8-6-14)16(17)12-18(3)9-10-21(4,19)20/h5-8,13,16H,9-12,17H2,1-4H3. The van der Waals surface area contributed by atoms with Gasteiger partial charge in [-0.15, -0.1) is 0 Å².